The Labute approximate surface area is 160 Å². The van der Waals surface area contributed by atoms with Gasteiger partial charge in [-0.15, -0.1) is 11.3 Å². The summed E-state index contributed by atoms with van der Waals surface area (Å²) in [6.07, 6.45) is -4.01. The Balaban J connectivity index is 1.92. The largest absolute Gasteiger partial charge is 0.434 e. The summed E-state index contributed by atoms with van der Waals surface area (Å²) >= 11 is 1.01. The molecule has 0 bridgehead atoms. The number of pyridine rings is 1. The van der Waals surface area contributed by atoms with Gasteiger partial charge in [0, 0.05) is 39.0 Å². The molecule has 0 atom stereocenters. The van der Waals surface area contributed by atoms with E-state index in [9.17, 15) is 13.2 Å². The number of thiazole rings is 1. The average Bonchev–Trinajstić information content (AvgIpc) is 3.09. The van der Waals surface area contributed by atoms with Crippen molar-refractivity contribution in [2.75, 3.05) is 32.1 Å². The fourth-order valence-electron chi connectivity index (χ4n) is 2.15. The van der Waals surface area contributed by atoms with Crippen molar-refractivity contribution in [2.24, 2.45) is 4.99 Å². The molecule has 2 rings (SSSR count). The summed E-state index contributed by atoms with van der Waals surface area (Å²) in [7, 11) is 3.84. The lowest BCUT2D eigenvalue weighted by atomic mass is 10.3. The lowest BCUT2D eigenvalue weighted by Crippen LogP contribution is -2.38. The quantitative estimate of drug-likeness (QED) is 0.553. The van der Waals surface area contributed by atoms with Crippen molar-refractivity contribution in [3.8, 4) is 0 Å². The average molecular weight is 400 g/mol. The van der Waals surface area contributed by atoms with E-state index in [-0.39, 0.29) is 0 Å². The number of hydrogen-bond acceptors (Lipinski definition) is 5. The number of nitrogens with zero attached hydrogens (tertiary/aromatic N) is 4. The molecule has 148 valence electrons. The molecule has 0 fully saturated rings. The number of guanidine groups is 1. The molecule has 0 aliphatic rings. The Bertz CT molecular complexity index is 757. The van der Waals surface area contributed by atoms with Gasteiger partial charge < -0.3 is 15.5 Å². The van der Waals surface area contributed by atoms with Gasteiger partial charge in [-0.2, -0.15) is 13.2 Å². The predicted octanol–water partition coefficient (Wildman–Crippen LogP) is 2.92. The van der Waals surface area contributed by atoms with E-state index in [2.05, 4.69) is 25.6 Å². The number of alkyl halides is 3. The second kappa shape index (κ2) is 9.54. The minimum Gasteiger partial charge on any atom is -0.363 e. The molecule has 2 aromatic heterocycles. The molecule has 0 radical (unpaired) electrons. The first kappa shape index (κ1) is 20.9. The Hall–Kier alpha value is -2.36. The van der Waals surface area contributed by atoms with Crippen molar-refractivity contribution < 1.29 is 13.2 Å². The second-order valence-corrected chi connectivity index (χ2v) is 6.82. The van der Waals surface area contributed by atoms with Crippen molar-refractivity contribution >= 4 is 23.1 Å². The number of rotatable bonds is 7. The normalized spacial score (nSPS) is 12.1. The highest BCUT2D eigenvalue weighted by atomic mass is 32.1. The molecular weight excluding hydrogens is 377 g/mol. The van der Waals surface area contributed by atoms with E-state index in [1.165, 1.54) is 0 Å². The first-order valence-corrected chi connectivity index (χ1v) is 9.34. The van der Waals surface area contributed by atoms with Gasteiger partial charge in [0.2, 0.25) is 0 Å². The van der Waals surface area contributed by atoms with Crippen molar-refractivity contribution in [1.29, 1.82) is 0 Å². The van der Waals surface area contributed by atoms with Gasteiger partial charge in [0.1, 0.15) is 5.82 Å². The number of nitrogens with one attached hydrogen (secondary N) is 2. The molecular formula is C17H23F3N6S. The highest BCUT2D eigenvalue weighted by Gasteiger charge is 2.33. The van der Waals surface area contributed by atoms with Crippen molar-refractivity contribution in [2.45, 2.75) is 26.1 Å². The minimum absolute atomic E-state index is 0.388. The van der Waals surface area contributed by atoms with Crippen LogP contribution in [0.5, 0.6) is 0 Å². The van der Waals surface area contributed by atoms with Gasteiger partial charge in [-0.25, -0.2) is 15.0 Å². The summed E-state index contributed by atoms with van der Waals surface area (Å²) in [4.78, 5) is 14.5. The van der Waals surface area contributed by atoms with Crippen LogP contribution in [0.1, 0.15) is 23.3 Å². The molecule has 6 nitrogen and oxygen atoms in total. The third-order valence-corrected chi connectivity index (χ3v) is 4.38. The van der Waals surface area contributed by atoms with Crippen LogP contribution in [0, 0.1) is 0 Å². The SMILES string of the molecule is CCNC(=NCc1cccc(N(C)C)n1)NCCc1nc(C(F)(F)F)cs1. The maximum Gasteiger partial charge on any atom is 0.434 e. The van der Waals surface area contributed by atoms with Crippen LogP contribution in [0.2, 0.25) is 0 Å². The lowest BCUT2D eigenvalue weighted by Gasteiger charge is -2.13. The van der Waals surface area contributed by atoms with Gasteiger partial charge in [0.05, 0.1) is 17.2 Å². The fraction of sp³-hybridized carbons (Fsp3) is 0.471. The zero-order valence-electron chi connectivity index (χ0n) is 15.5. The second-order valence-electron chi connectivity index (χ2n) is 5.88. The molecule has 0 saturated heterocycles. The summed E-state index contributed by atoms with van der Waals surface area (Å²) in [6.45, 7) is 3.44. The maximum absolute atomic E-state index is 12.6. The highest BCUT2D eigenvalue weighted by molar-refractivity contribution is 7.09. The molecule has 27 heavy (non-hydrogen) atoms. The Kier molecular flexibility index (Phi) is 7.40. The van der Waals surface area contributed by atoms with Gasteiger partial charge in [0.25, 0.3) is 0 Å². The Morgan fingerprint density at radius 2 is 2.00 bits per heavy atom. The summed E-state index contributed by atoms with van der Waals surface area (Å²) in [5.41, 5.74) is -0.0110. The molecule has 0 unspecified atom stereocenters. The zero-order valence-corrected chi connectivity index (χ0v) is 16.3. The zero-order chi connectivity index (χ0) is 19.9. The van der Waals surface area contributed by atoms with Crippen molar-refractivity contribution in [1.82, 2.24) is 20.6 Å². The highest BCUT2D eigenvalue weighted by Crippen LogP contribution is 2.29. The molecule has 0 aliphatic carbocycles. The van der Waals surface area contributed by atoms with Crippen molar-refractivity contribution in [3.05, 3.63) is 40.0 Å². The smallest absolute Gasteiger partial charge is 0.363 e. The summed E-state index contributed by atoms with van der Waals surface area (Å²) in [6, 6.07) is 5.74. The van der Waals surface area contributed by atoms with Gasteiger partial charge in [0.15, 0.2) is 11.7 Å². The monoisotopic (exact) mass is 400 g/mol. The molecule has 2 aromatic rings. The third-order valence-electron chi connectivity index (χ3n) is 3.47. The maximum atomic E-state index is 12.6. The predicted molar refractivity (Wildman–Crippen MR) is 102 cm³/mol. The molecule has 2 N–H and O–H groups in total. The van der Waals surface area contributed by atoms with E-state index in [1.807, 2.05) is 44.1 Å². The summed E-state index contributed by atoms with van der Waals surface area (Å²) in [5.74, 6) is 1.44. The standard InChI is InChI=1S/C17H23F3N6S/c1-4-21-16(23-10-12-6-5-7-14(24-12)26(2)3)22-9-8-15-25-13(11-27-15)17(18,19)20/h5-7,11H,4,8-10H2,1-3H3,(H2,21,22,23). The van der Waals surface area contributed by atoms with Crippen LogP contribution in [-0.4, -0.2) is 43.1 Å². The van der Waals surface area contributed by atoms with E-state index in [1.54, 1.807) is 0 Å². The van der Waals surface area contributed by atoms with Crippen LogP contribution >= 0.6 is 11.3 Å². The molecule has 10 heteroatoms. The fourth-order valence-corrected chi connectivity index (χ4v) is 2.95. The third kappa shape index (κ3) is 6.70. The number of halogens is 3. The summed E-state index contributed by atoms with van der Waals surface area (Å²) in [5, 5.41) is 7.70. The number of aliphatic imine (C=N–C) groups is 1. The van der Waals surface area contributed by atoms with Crippen LogP contribution in [0.4, 0.5) is 19.0 Å². The van der Waals surface area contributed by atoms with E-state index >= 15 is 0 Å². The van der Waals surface area contributed by atoms with Gasteiger partial charge >= 0.3 is 6.18 Å². The molecule has 0 spiro atoms. The van der Waals surface area contributed by atoms with Gasteiger partial charge in [-0.05, 0) is 19.1 Å². The van der Waals surface area contributed by atoms with E-state index in [0.717, 1.165) is 28.2 Å². The first-order chi connectivity index (χ1) is 12.8. The van der Waals surface area contributed by atoms with Gasteiger partial charge in [-0.3, -0.25) is 0 Å². The Morgan fingerprint density at radius 1 is 1.22 bits per heavy atom. The van der Waals surface area contributed by atoms with Crippen LogP contribution in [-0.2, 0) is 19.1 Å². The molecule has 0 amide bonds. The van der Waals surface area contributed by atoms with Crippen LogP contribution < -0.4 is 15.5 Å². The molecule has 0 aliphatic heterocycles. The van der Waals surface area contributed by atoms with E-state index < -0.39 is 11.9 Å². The molecule has 0 saturated carbocycles. The number of anilines is 1. The lowest BCUT2D eigenvalue weighted by molar-refractivity contribution is -0.140. The van der Waals surface area contributed by atoms with Crippen molar-refractivity contribution in [3.63, 3.8) is 0 Å². The van der Waals surface area contributed by atoms with E-state index in [0.29, 0.717) is 37.0 Å². The van der Waals surface area contributed by atoms with Gasteiger partial charge in [-0.1, -0.05) is 6.07 Å². The van der Waals surface area contributed by atoms with Crippen LogP contribution in [0.3, 0.4) is 0 Å². The molecule has 2 heterocycles. The number of hydrogen-bond donors (Lipinski definition) is 2. The number of aromatic nitrogens is 2. The molecule has 0 aromatic carbocycles. The summed E-state index contributed by atoms with van der Waals surface area (Å²) < 4.78 is 37.7. The first-order valence-electron chi connectivity index (χ1n) is 8.46. The Morgan fingerprint density at radius 3 is 2.63 bits per heavy atom. The van der Waals surface area contributed by atoms with Crippen LogP contribution in [0.15, 0.2) is 28.6 Å². The van der Waals surface area contributed by atoms with Crippen LogP contribution in [0.25, 0.3) is 0 Å². The van der Waals surface area contributed by atoms with E-state index in [4.69, 9.17) is 0 Å². The topological polar surface area (TPSA) is 65.4 Å². The minimum atomic E-state index is -4.40.